The molecule has 0 bridgehead atoms. The van der Waals surface area contributed by atoms with Crippen molar-refractivity contribution in [2.45, 2.75) is 4.90 Å². The number of nitrogens with one attached hydrogen (secondary N) is 2. The van der Waals surface area contributed by atoms with Crippen molar-refractivity contribution >= 4 is 35.1 Å². The molecule has 2 aromatic carbocycles. The summed E-state index contributed by atoms with van der Waals surface area (Å²) in [4.78, 5) is 25.5. The van der Waals surface area contributed by atoms with E-state index < -0.39 is 0 Å². The summed E-state index contributed by atoms with van der Waals surface area (Å²) in [6.07, 6.45) is 3.38. The Hall–Kier alpha value is -3.58. The van der Waals surface area contributed by atoms with Gasteiger partial charge in [0.2, 0.25) is 0 Å². The first kappa shape index (κ1) is 21.1. The number of thioether (sulfide) groups is 1. The van der Waals surface area contributed by atoms with Crippen LogP contribution in [-0.4, -0.2) is 27.9 Å². The highest BCUT2D eigenvalue weighted by molar-refractivity contribution is 7.98. The molecule has 0 aliphatic heterocycles. The van der Waals surface area contributed by atoms with Crippen LogP contribution < -0.4 is 10.6 Å². The first-order valence-corrected chi connectivity index (χ1v) is 10.4. The maximum absolute atomic E-state index is 12.6. The van der Waals surface area contributed by atoms with E-state index in [1.807, 2.05) is 42.7 Å². The van der Waals surface area contributed by atoms with Crippen LogP contribution in [0.25, 0.3) is 11.3 Å². The lowest BCUT2D eigenvalue weighted by atomic mass is 10.1. The van der Waals surface area contributed by atoms with Gasteiger partial charge in [0, 0.05) is 40.4 Å². The summed E-state index contributed by atoms with van der Waals surface area (Å²) >= 11 is 1.59. The number of benzene rings is 2. The second kappa shape index (κ2) is 9.28. The second-order valence-corrected chi connectivity index (χ2v) is 7.36. The number of nitrogens with zero attached hydrogens (tertiary/aromatic N) is 2. The Morgan fingerprint density at radius 2 is 1.83 bits per heavy atom. The minimum absolute atomic E-state index is 0.194. The molecule has 0 atom stereocenters. The van der Waals surface area contributed by atoms with Crippen molar-refractivity contribution in [2.24, 2.45) is 7.05 Å². The number of rotatable bonds is 7. The maximum atomic E-state index is 12.6. The average Bonchev–Trinajstić information content (AvgIpc) is 3.13. The lowest BCUT2D eigenvalue weighted by Gasteiger charge is -2.06. The van der Waals surface area contributed by atoms with E-state index in [1.54, 1.807) is 41.7 Å². The van der Waals surface area contributed by atoms with E-state index in [0.717, 1.165) is 10.5 Å². The Balaban J connectivity index is 1.74. The number of amides is 2. The van der Waals surface area contributed by atoms with Crippen molar-refractivity contribution in [3.63, 3.8) is 0 Å². The van der Waals surface area contributed by atoms with Crippen molar-refractivity contribution in [1.29, 1.82) is 0 Å². The minimum Gasteiger partial charge on any atom is -0.322 e. The highest BCUT2D eigenvalue weighted by Crippen LogP contribution is 2.24. The molecule has 0 spiro atoms. The molecule has 2 amide bonds. The number of hydrogen-bond acceptors (Lipinski definition) is 4. The quantitative estimate of drug-likeness (QED) is 0.330. The van der Waals surface area contributed by atoms with E-state index in [9.17, 15) is 9.59 Å². The topological polar surface area (TPSA) is 76.0 Å². The van der Waals surface area contributed by atoms with Gasteiger partial charge in [-0.15, -0.1) is 11.8 Å². The first-order chi connectivity index (χ1) is 14.4. The Labute approximate surface area is 179 Å². The first-order valence-electron chi connectivity index (χ1n) is 9.14. The van der Waals surface area contributed by atoms with Gasteiger partial charge >= 0.3 is 0 Å². The van der Waals surface area contributed by atoms with Crippen LogP contribution in [-0.2, 0) is 11.8 Å². The predicted octanol–water partition coefficient (Wildman–Crippen LogP) is 4.74. The van der Waals surface area contributed by atoms with Crippen molar-refractivity contribution in [1.82, 2.24) is 9.78 Å². The highest BCUT2D eigenvalue weighted by Gasteiger charge is 2.12. The van der Waals surface area contributed by atoms with Gasteiger partial charge in [-0.3, -0.25) is 14.3 Å². The third-order valence-corrected chi connectivity index (χ3v) is 5.16. The van der Waals surface area contributed by atoms with E-state index in [2.05, 4.69) is 28.9 Å². The Bertz CT molecular complexity index is 1120. The number of carbonyl (C=O) groups is 2. The van der Waals surface area contributed by atoms with Crippen LogP contribution in [0.2, 0.25) is 0 Å². The van der Waals surface area contributed by atoms with E-state index >= 15 is 0 Å². The minimum atomic E-state index is -0.300. The molecular weight excluding hydrogens is 396 g/mol. The fraction of sp³-hybridized carbons (Fsp3) is 0.0870. The molecule has 3 aromatic rings. The second-order valence-electron chi connectivity index (χ2n) is 6.49. The number of carbonyl (C=O) groups excluding carboxylic acids is 2. The van der Waals surface area contributed by atoms with Gasteiger partial charge in [-0.2, -0.15) is 5.10 Å². The van der Waals surface area contributed by atoms with Crippen LogP contribution in [0.1, 0.15) is 10.4 Å². The molecule has 0 saturated heterocycles. The number of aryl methyl sites for hydroxylation is 1. The molecule has 1 heterocycles. The highest BCUT2D eigenvalue weighted by atomic mass is 32.2. The van der Waals surface area contributed by atoms with Crippen molar-refractivity contribution in [3.05, 3.63) is 85.0 Å². The third kappa shape index (κ3) is 4.87. The number of aromatic nitrogens is 2. The van der Waals surface area contributed by atoms with E-state index in [1.165, 1.54) is 6.08 Å². The van der Waals surface area contributed by atoms with Crippen LogP contribution in [0.15, 0.2) is 84.3 Å². The van der Waals surface area contributed by atoms with Crippen LogP contribution in [0.4, 0.5) is 11.5 Å². The summed E-state index contributed by atoms with van der Waals surface area (Å²) in [5, 5.41) is 10.1. The molecule has 0 unspecified atom stereocenters. The van der Waals surface area contributed by atoms with Gasteiger partial charge in [-0.05, 0) is 36.6 Å². The van der Waals surface area contributed by atoms with E-state index in [4.69, 9.17) is 0 Å². The molecule has 0 saturated carbocycles. The lowest BCUT2D eigenvalue weighted by Crippen LogP contribution is -2.14. The molecule has 0 aliphatic rings. The van der Waals surface area contributed by atoms with Crippen LogP contribution in [0, 0.1) is 0 Å². The molecule has 0 fully saturated rings. The summed E-state index contributed by atoms with van der Waals surface area (Å²) < 4.78 is 1.62. The van der Waals surface area contributed by atoms with Gasteiger partial charge in [-0.25, -0.2) is 0 Å². The Morgan fingerprint density at radius 3 is 2.50 bits per heavy atom. The maximum Gasteiger partial charge on any atom is 0.256 e. The summed E-state index contributed by atoms with van der Waals surface area (Å²) in [5.41, 5.74) is 3.10. The average molecular weight is 419 g/mol. The fourth-order valence-corrected chi connectivity index (χ4v) is 3.17. The predicted molar refractivity (Wildman–Crippen MR) is 123 cm³/mol. The van der Waals surface area contributed by atoms with Gasteiger partial charge in [0.15, 0.2) is 0 Å². The Morgan fingerprint density at radius 1 is 1.10 bits per heavy atom. The SMILES string of the molecule is C=CC(=C)C(=O)Nc1ccc(-c2cc(NC(=O)c3cccc(SC)c3)n(C)n2)cc1. The van der Waals surface area contributed by atoms with Gasteiger partial charge in [0.1, 0.15) is 5.82 Å². The van der Waals surface area contributed by atoms with E-state index in [0.29, 0.717) is 28.3 Å². The normalized spacial score (nSPS) is 10.3. The lowest BCUT2D eigenvalue weighted by molar-refractivity contribution is -0.112. The number of anilines is 2. The Kier molecular flexibility index (Phi) is 6.54. The number of hydrogen-bond donors (Lipinski definition) is 2. The molecule has 1 aromatic heterocycles. The van der Waals surface area contributed by atoms with Gasteiger partial charge < -0.3 is 10.6 Å². The largest absolute Gasteiger partial charge is 0.322 e. The van der Waals surface area contributed by atoms with Crippen molar-refractivity contribution in [2.75, 3.05) is 16.9 Å². The van der Waals surface area contributed by atoms with Crippen molar-refractivity contribution in [3.8, 4) is 11.3 Å². The summed E-state index contributed by atoms with van der Waals surface area (Å²) in [7, 11) is 1.77. The van der Waals surface area contributed by atoms with E-state index in [-0.39, 0.29) is 11.8 Å². The molecule has 30 heavy (non-hydrogen) atoms. The van der Waals surface area contributed by atoms with Gasteiger partial charge in [-0.1, -0.05) is 37.4 Å². The fourth-order valence-electron chi connectivity index (χ4n) is 2.71. The molecule has 2 N–H and O–H groups in total. The monoisotopic (exact) mass is 418 g/mol. The van der Waals surface area contributed by atoms with Crippen LogP contribution >= 0.6 is 11.8 Å². The summed E-state index contributed by atoms with van der Waals surface area (Å²) in [5.74, 6) is 0.0938. The smallest absolute Gasteiger partial charge is 0.256 e. The summed E-state index contributed by atoms with van der Waals surface area (Å²) in [6, 6.07) is 16.5. The zero-order chi connectivity index (χ0) is 21.7. The standard InChI is InChI=1S/C23H22N4O2S/c1-5-15(2)22(28)24-18-11-9-16(10-12-18)20-14-21(27(3)26-20)25-23(29)17-7-6-8-19(13-17)30-4/h5-14H,1-2H2,3-4H3,(H,24,28)(H,25,29). The zero-order valence-electron chi connectivity index (χ0n) is 16.8. The van der Waals surface area contributed by atoms with Gasteiger partial charge in [0.25, 0.3) is 11.8 Å². The molecule has 3 rings (SSSR count). The molecule has 6 nitrogen and oxygen atoms in total. The van der Waals surface area contributed by atoms with Crippen molar-refractivity contribution < 1.29 is 9.59 Å². The molecular formula is C23H22N4O2S. The van der Waals surface area contributed by atoms with Crippen LogP contribution in [0.3, 0.4) is 0 Å². The van der Waals surface area contributed by atoms with Gasteiger partial charge in [0.05, 0.1) is 5.69 Å². The molecule has 7 heteroatoms. The summed E-state index contributed by atoms with van der Waals surface area (Å²) in [6.45, 7) is 7.16. The molecule has 0 aliphatic carbocycles. The molecule has 0 radical (unpaired) electrons. The molecule has 152 valence electrons. The third-order valence-electron chi connectivity index (χ3n) is 4.43. The van der Waals surface area contributed by atoms with Crippen LogP contribution in [0.5, 0.6) is 0 Å². The zero-order valence-corrected chi connectivity index (χ0v) is 17.6.